The van der Waals surface area contributed by atoms with Gasteiger partial charge in [0.2, 0.25) is 5.91 Å². The molecule has 3 aromatic rings. The topological polar surface area (TPSA) is 82.2 Å². The number of aromatic amines is 1. The number of amides is 1. The minimum Gasteiger partial charge on any atom is -0.480 e. The highest BCUT2D eigenvalue weighted by molar-refractivity contribution is 7.80. The lowest BCUT2D eigenvalue weighted by atomic mass is 9.99. The Bertz CT molecular complexity index is 923. The van der Waals surface area contributed by atoms with Crippen molar-refractivity contribution < 1.29 is 14.7 Å². The molecule has 2 aromatic carbocycles. The van der Waals surface area contributed by atoms with Crippen LogP contribution in [0.1, 0.15) is 11.1 Å². The minimum absolute atomic E-state index is 0.218. The van der Waals surface area contributed by atoms with Crippen molar-refractivity contribution in [3.05, 3.63) is 71.9 Å². The Hall–Kier alpha value is -2.73. The van der Waals surface area contributed by atoms with Gasteiger partial charge in [-0.05, 0) is 23.6 Å². The van der Waals surface area contributed by atoms with Crippen LogP contribution in [-0.2, 0) is 22.4 Å². The molecule has 1 aromatic heterocycles. The van der Waals surface area contributed by atoms with E-state index in [1.807, 2.05) is 54.6 Å². The summed E-state index contributed by atoms with van der Waals surface area (Å²) in [6, 6.07) is 16.4. The monoisotopic (exact) mass is 382 g/mol. The van der Waals surface area contributed by atoms with E-state index in [4.69, 9.17) is 0 Å². The molecule has 140 valence electrons. The van der Waals surface area contributed by atoms with Gasteiger partial charge in [0.1, 0.15) is 6.04 Å². The largest absolute Gasteiger partial charge is 0.480 e. The third-order valence-electron chi connectivity index (χ3n) is 4.63. The predicted octanol–water partition coefficient (Wildman–Crippen LogP) is 3.07. The van der Waals surface area contributed by atoms with E-state index in [0.717, 1.165) is 22.0 Å². The van der Waals surface area contributed by atoms with Crippen LogP contribution in [0.3, 0.4) is 0 Å². The molecule has 1 heterocycles. The Kier molecular flexibility index (Phi) is 6.19. The normalized spacial score (nSPS) is 13.2. The fourth-order valence-electron chi connectivity index (χ4n) is 3.15. The Morgan fingerprint density at radius 3 is 2.44 bits per heavy atom. The molecule has 6 heteroatoms. The van der Waals surface area contributed by atoms with Crippen molar-refractivity contribution in [3.63, 3.8) is 0 Å². The number of carbonyl (C=O) groups is 2. The average molecular weight is 382 g/mol. The molecule has 0 spiro atoms. The van der Waals surface area contributed by atoms with Gasteiger partial charge in [0.15, 0.2) is 0 Å². The molecule has 0 saturated heterocycles. The number of fused-ring (bicyclic) bond motifs is 1. The summed E-state index contributed by atoms with van der Waals surface area (Å²) in [5, 5.41) is 13.2. The molecule has 2 atom stereocenters. The van der Waals surface area contributed by atoms with Gasteiger partial charge in [-0.2, -0.15) is 12.6 Å². The van der Waals surface area contributed by atoms with E-state index in [-0.39, 0.29) is 18.2 Å². The molecule has 3 rings (SSSR count). The van der Waals surface area contributed by atoms with Crippen LogP contribution < -0.4 is 5.32 Å². The second-order valence-electron chi connectivity index (χ2n) is 6.53. The molecule has 1 unspecified atom stereocenters. The summed E-state index contributed by atoms with van der Waals surface area (Å²) in [6.45, 7) is 0. The zero-order valence-electron chi connectivity index (χ0n) is 14.8. The number of carboxylic acids is 1. The highest BCUT2D eigenvalue weighted by Crippen LogP contribution is 2.19. The number of hydrogen-bond acceptors (Lipinski definition) is 3. The van der Waals surface area contributed by atoms with E-state index in [0.29, 0.717) is 12.2 Å². The third kappa shape index (κ3) is 4.71. The van der Waals surface area contributed by atoms with Crippen molar-refractivity contribution in [2.45, 2.75) is 18.9 Å². The number of nitrogens with one attached hydrogen (secondary N) is 2. The summed E-state index contributed by atoms with van der Waals surface area (Å²) in [4.78, 5) is 27.5. The van der Waals surface area contributed by atoms with Gasteiger partial charge in [0.25, 0.3) is 0 Å². The molecule has 0 aliphatic rings. The Labute approximate surface area is 163 Å². The summed E-state index contributed by atoms with van der Waals surface area (Å²) in [6.07, 6.45) is 2.54. The first-order valence-electron chi connectivity index (χ1n) is 8.81. The van der Waals surface area contributed by atoms with Gasteiger partial charge in [-0.3, -0.25) is 4.79 Å². The molecule has 0 fully saturated rings. The van der Waals surface area contributed by atoms with Crippen LogP contribution in [0.2, 0.25) is 0 Å². The summed E-state index contributed by atoms with van der Waals surface area (Å²) < 4.78 is 0. The molecule has 0 saturated carbocycles. The van der Waals surface area contributed by atoms with E-state index >= 15 is 0 Å². The number of thiol groups is 1. The third-order valence-corrected chi connectivity index (χ3v) is 5.07. The number of carboxylic acid groups (broad SMARTS) is 1. The van der Waals surface area contributed by atoms with Crippen molar-refractivity contribution in [1.29, 1.82) is 0 Å². The highest BCUT2D eigenvalue weighted by atomic mass is 32.1. The maximum Gasteiger partial charge on any atom is 0.326 e. The summed E-state index contributed by atoms with van der Waals surface area (Å²) >= 11 is 4.28. The van der Waals surface area contributed by atoms with Gasteiger partial charge in [-0.25, -0.2) is 4.79 Å². The maximum atomic E-state index is 12.7. The second-order valence-corrected chi connectivity index (χ2v) is 6.90. The van der Waals surface area contributed by atoms with E-state index < -0.39 is 12.0 Å². The van der Waals surface area contributed by atoms with Crippen LogP contribution in [0.25, 0.3) is 10.9 Å². The summed E-state index contributed by atoms with van der Waals surface area (Å²) in [7, 11) is 0. The van der Waals surface area contributed by atoms with Crippen LogP contribution in [-0.4, -0.2) is 33.8 Å². The molecule has 1 amide bonds. The zero-order chi connectivity index (χ0) is 19.2. The van der Waals surface area contributed by atoms with Crippen LogP contribution in [0, 0.1) is 5.92 Å². The smallest absolute Gasteiger partial charge is 0.326 e. The van der Waals surface area contributed by atoms with Crippen LogP contribution in [0.4, 0.5) is 0 Å². The summed E-state index contributed by atoms with van der Waals surface area (Å²) in [5.74, 6) is -1.38. The quantitative estimate of drug-likeness (QED) is 0.452. The Morgan fingerprint density at radius 1 is 1.04 bits per heavy atom. The zero-order valence-corrected chi connectivity index (χ0v) is 15.7. The maximum absolute atomic E-state index is 12.7. The number of rotatable bonds is 8. The second kappa shape index (κ2) is 8.77. The predicted molar refractivity (Wildman–Crippen MR) is 109 cm³/mol. The van der Waals surface area contributed by atoms with Gasteiger partial charge in [-0.15, -0.1) is 0 Å². The van der Waals surface area contributed by atoms with Crippen molar-refractivity contribution >= 4 is 35.4 Å². The molecular formula is C21H22N2O3S. The first kappa shape index (κ1) is 19.0. The lowest BCUT2D eigenvalue weighted by Gasteiger charge is -2.19. The fourth-order valence-corrected chi connectivity index (χ4v) is 3.44. The van der Waals surface area contributed by atoms with Crippen molar-refractivity contribution in [1.82, 2.24) is 10.3 Å². The average Bonchev–Trinajstić information content (AvgIpc) is 3.09. The number of para-hydroxylation sites is 1. The molecule has 5 nitrogen and oxygen atoms in total. The molecule has 0 radical (unpaired) electrons. The fraction of sp³-hybridized carbons (Fsp3) is 0.238. The molecule has 0 aliphatic heterocycles. The van der Waals surface area contributed by atoms with Gasteiger partial charge >= 0.3 is 5.97 Å². The molecular weight excluding hydrogens is 360 g/mol. The van der Waals surface area contributed by atoms with E-state index in [9.17, 15) is 14.7 Å². The number of benzene rings is 2. The van der Waals surface area contributed by atoms with Gasteiger partial charge in [-0.1, -0.05) is 48.5 Å². The summed E-state index contributed by atoms with van der Waals surface area (Å²) in [5.41, 5.74) is 2.83. The molecule has 0 aliphatic carbocycles. The van der Waals surface area contributed by atoms with E-state index in [1.54, 1.807) is 6.20 Å². The van der Waals surface area contributed by atoms with Crippen LogP contribution in [0.15, 0.2) is 60.8 Å². The lowest BCUT2D eigenvalue weighted by molar-refractivity contribution is -0.142. The first-order chi connectivity index (χ1) is 13.1. The van der Waals surface area contributed by atoms with E-state index in [1.165, 1.54) is 0 Å². The number of carbonyl (C=O) groups excluding carboxylic acids is 1. The lowest BCUT2D eigenvalue weighted by Crippen LogP contribution is -2.45. The highest BCUT2D eigenvalue weighted by Gasteiger charge is 2.25. The number of aliphatic carboxylic acids is 1. The van der Waals surface area contributed by atoms with Crippen molar-refractivity contribution in [2.75, 3.05) is 5.75 Å². The first-order valence-corrected chi connectivity index (χ1v) is 9.44. The number of hydrogen-bond donors (Lipinski definition) is 4. The number of H-pyrrole nitrogens is 1. The SMILES string of the molecule is O=C(N[C@@H](Cc1c[nH]c2ccccc12)C(=O)O)C(CS)Cc1ccccc1. The molecule has 3 N–H and O–H groups in total. The van der Waals surface area contributed by atoms with Crippen molar-refractivity contribution in [2.24, 2.45) is 5.92 Å². The van der Waals surface area contributed by atoms with Crippen molar-refractivity contribution in [3.8, 4) is 0 Å². The standard InChI is InChI=1S/C21H22N2O3S/c24-20(16(13-27)10-14-6-2-1-3-7-14)23-19(21(25)26)11-15-12-22-18-9-5-4-8-17(15)18/h1-9,12,16,19,22,27H,10-11,13H2,(H,23,24)(H,25,26)/t16?,19-/m0/s1. The Morgan fingerprint density at radius 2 is 1.74 bits per heavy atom. The van der Waals surface area contributed by atoms with Crippen LogP contribution >= 0.6 is 12.6 Å². The van der Waals surface area contributed by atoms with Gasteiger partial charge < -0.3 is 15.4 Å². The van der Waals surface area contributed by atoms with Gasteiger partial charge in [0, 0.05) is 29.3 Å². The number of aromatic nitrogens is 1. The molecule has 27 heavy (non-hydrogen) atoms. The van der Waals surface area contributed by atoms with Crippen LogP contribution in [0.5, 0.6) is 0 Å². The van der Waals surface area contributed by atoms with Gasteiger partial charge in [0.05, 0.1) is 5.92 Å². The molecule has 0 bridgehead atoms. The Balaban J connectivity index is 1.71. The minimum atomic E-state index is -1.05. The van der Waals surface area contributed by atoms with E-state index in [2.05, 4.69) is 22.9 Å².